The summed E-state index contributed by atoms with van der Waals surface area (Å²) < 4.78 is 12.8. The van der Waals surface area contributed by atoms with Gasteiger partial charge in [0.1, 0.15) is 5.82 Å². The van der Waals surface area contributed by atoms with E-state index in [1.807, 2.05) is 24.4 Å². The highest BCUT2D eigenvalue weighted by atomic mass is 32.1. The van der Waals surface area contributed by atoms with E-state index in [2.05, 4.69) is 10.3 Å². The molecule has 0 radical (unpaired) electrons. The maximum atomic E-state index is 12.8. The number of nitrogens with zero attached hydrogens (tertiary/aromatic N) is 2. The van der Waals surface area contributed by atoms with Crippen molar-refractivity contribution in [3.63, 3.8) is 0 Å². The lowest BCUT2D eigenvalue weighted by atomic mass is 10.1. The van der Waals surface area contributed by atoms with Gasteiger partial charge in [0.25, 0.3) is 0 Å². The van der Waals surface area contributed by atoms with E-state index >= 15 is 0 Å². The van der Waals surface area contributed by atoms with Crippen molar-refractivity contribution in [2.75, 3.05) is 19.4 Å². The van der Waals surface area contributed by atoms with Crippen LogP contribution in [0.5, 0.6) is 0 Å². The van der Waals surface area contributed by atoms with Crippen molar-refractivity contribution in [3.8, 4) is 0 Å². The topological polar surface area (TPSA) is 62.3 Å². The maximum Gasteiger partial charge on any atom is 0.226 e. The van der Waals surface area contributed by atoms with E-state index in [1.165, 1.54) is 35.6 Å². The van der Waals surface area contributed by atoms with Gasteiger partial charge in [0.15, 0.2) is 10.9 Å². The predicted octanol–water partition coefficient (Wildman–Crippen LogP) is 2.95. The number of carbonyl (C=O) groups is 2. The summed E-state index contributed by atoms with van der Waals surface area (Å²) in [4.78, 5) is 30.1. The molecule has 0 fully saturated rings. The number of rotatable bonds is 7. The van der Waals surface area contributed by atoms with Gasteiger partial charge < -0.3 is 10.2 Å². The first-order chi connectivity index (χ1) is 10.9. The van der Waals surface area contributed by atoms with Gasteiger partial charge in [0.05, 0.1) is 5.69 Å². The normalized spacial score (nSPS) is 10.8. The van der Waals surface area contributed by atoms with Crippen molar-refractivity contribution in [2.24, 2.45) is 0 Å². The lowest BCUT2D eigenvalue weighted by Gasteiger charge is -2.05. The minimum Gasteiger partial charge on any atom is -0.304 e. The lowest BCUT2D eigenvalue weighted by molar-refractivity contribution is -0.116. The van der Waals surface area contributed by atoms with Crippen molar-refractivity contribution in [1.29, 1.82) is 0 Å². The first-order valence-electron chi connectivity index (χ1n) is 7.12. The number of hydrogen-bond donors (Lipinski definition) is 1. The Morgan fingerprint density at radius 1 is 1.22 bits per heavy atom. The molecule has 1 heterocycles. The molecule has 1 aromatic heterocycles. The summed E-state index contributed by atoms with van der Waals surface area (Å²) in [7, 11) is 3.89. The van der Waals surface area contributed by atoms with Gasteiger partial charge in [-0.3, -0.25) is 9.59 Å². The first kappa shape index (κ1) is 17.2. The molecule has 0 bridgehead atoms. The molecule has 7 heteroatoms. The van der Waals surface area contributed by atoms with E-state index in [9.17, 15) is 14.0 Å². The molecule has 0 aliphatic carbocycles. The molecule has 0 aliphatic rings. The molecule has 122 valence electrons. The molecule has 1 aromatic carbocycles. The summed E-state index contributed by atoms with van der Waals surface area (Å²) in [6.07, 6.45) is 0.145. The van der Waals surface area contributed by atoms with Crippen LogP contribution >= 0.6 is 11.3 Å². The fourth-order valence-corrected chi connectivity index (χ4v) is 2.67. The van der Waals surface area contributed by atoms with Crippen LogP contribution in [0.2, 0.25) is 0 Å². The van der Waals surface area contributed by atoms with Gasteiger partial charge in [0, 0.05) is 30.3 Å². The van der Waals surface area contributed by atoms with Crippen LogP contribution < -0.4 is 5.32 Å². The van der Waals surface area contributed by atoms with Gasteiger partial charge >= 0.3 is 0 Å². The highest BCUT2D eigenvalue weighted by Crippen LogP contribution is 2.17. The monoisotopic (exact) mass is 335 g/mol. The summed E-state index contributed by atoms with van der Waals surface area (Å²) in [5.41, 5.74) is 1.29. The first-order valence-corrected chi connectivity index (χ1v) is 8.00. The molecule has 2 rings (SSSR count). The van der Waals surface area contributed by atoms with Crippen LogP contribution in [0.4, 0.5) is 9.52 Å². The smallest absolute Gasteiger partial charge is 0.226 e. The molecule has 0 unspecified atom stereocenters. The van der Waals surface area contributed by atoms with Crippen LogP contribution in [-0.2, 0) is 11.3 Å². The minimum atomic E-state index is -0.392. The van der Waals surface area contributed by atoms with Crippen LogP contribution in [0.15, 0.2) is 29.6 Å². The highest BCUT2D eigenvalue weighted by molar-refractivity contribution is 7.13. The summed E-state index contributed by atoms with van der Waals surface area (Å²) in [5, 5.41) is 5.11. The number of benzene rings is 1. The second-order valence-corrected chi connectivity index (χ2v) is 6.22. The average molecular weight is 335 g/mol. The number of anilines is 1. The Balaban J connectivity index is 1.81. The van der Waals surface area contributed by atoms with E-state index < -0.39 is 5.82 Å². The number of carbonyl (C=O) groups excluding carboxylic acids is 2. The Bertz CT molecular complexity index is 683. The minimum absolute atomic E-state index is 0.0683. The van der Waals surface area contributed by atoms with E-state index in [1.54, 1.807) is 0 Å². The third kappa shape index (κ3) is 5.54. The van der Waals surface area contributed by atoms with Gasteiger partial charge in [0.2, 0.25) is 5.91 Å². The van der Waals surface area contributed by atoms with Crippen LogP contribution in [0, 0.1) is 5.82 Å². The zero-order valence-electron chi connectivity index (χ0n) is 13.0. The fourth-order valence-electron chi connectivity index (χ4n) is 1.95. The fraction of sp³-hybridized carbons (Fsp3) is 0.312. The molecule has 0 saturated heterocycles. The lowest BCUT2D eigenvalue weighted by Crippen LogP contribution is -2.14. The number of nitrogens with one attached hydrogen (secondary N) is 1. The average Bonchev–Trinajstić information content (AvgIpc) is 2.91. The summed E-state index contributed by atoms with van der Waals surface area (Å²) >= 11 is 1.36. The van der Waals surface area contributed by atoms with Crippen molar-refractivity contribution < 1.29 is 14.0 Å². The van der Waals surface area contributed by atoms with Gasteiger partial charge in [-0.2, -0.15) is 0 Å². The zero-order chi connectivity index (χ0) is 16.8. The standard InChI is InChI=1S/C16H18FN3O2S/c1-20(2)9-13-10-23-16(18-13)19-15(22)8-7-14(21)11-3-5-12(17)6-4-11/h3-6,10H,7-9H2,1-2H3,(H,18,19,22). The summed E-state index contributed by atoms with van der Waals surface area (Å²) in [5.74, 6) is -0.838. The van der Waals surface area contributed by atoms with Crippen molar-refractivity contribution in [1.82, 2.24) is 9.88 Å². The van der Waals surface area contributed by atoms with Crippen molar-refractivity contribution in [2.45, 2.75) is 19.4 Å². The Labute approximate surface area is 138 Å². The maximum absolute atomic E-state index is 12.8. The van der Waals surface area contributed by atoms with Crippen molar-refractivity contribution >= 4 is 28.2 Å². The zero-order valence-corrected chi connectivity index (χ0v) is 13.8. The number of ketones is 1. The van der Waals surface area contributed by atoms with Crippen LogP contribution in [0.25, 0.3) is 0 Å². The number of aromatic nitrogens is 1. The Morgan fingerprint density at radius 3 is 2.57 bits per heavy atom. The van der Waals surface area contributed by atoms with E-state index in [4.69, 9.17) is 0 Å². The molecule has 0 saturated carbocycles. The van der Waals surface area contributed by atoms with Crippen LogP contribution in [0.1, 0.15) is 28.9 Å². The molecular formula is C16H18FN3O2S. The number of thiazole rings is 1. The Kier molecular flexibility index (Phi) is 5.95. The number of hydrogen-bond acceptors (Lipinski definition) is 5. The summed E-state index contributed by atoms with van der Waals surface area (Å²) in [6.45, 7) is 0.704. The van der Waals surface area contributed by atoms with Crippen LogP contribution in [-0.4, -0.2) is 35.7 Å². The second-order valence-electron chi connectivity index (χ2n) is 5.36. The Morgan fingerprint density at radius 2 is 1.91 bits per heavy atom. The molecule has 1 amide bonds. The number of halogens is 1. The number of amides is 1. The molecule has 0 atom stereocenters. The summed E-state index contributed by atoms with van der Waals surface area (Å²) in [6, 6.07) is 5.30. The van der Waals surface area contributed by atoms with E-state index in [-0.39, 0.29) is 24.5 Å². The SMILES string of the molecule is CN(C)Cc1csc(NC(=O)CCC(=O)c2ccc(F)cc2)n1. The second kappa shape index (κ2) is 7.94. The molecule has 2 aromatic rings. The molecular weight excluding hydrogens is 317 g/mol. The van der Waals surface area contributed by atoms with Crippen molar-refractivity contribution in [3.05, 3.63) is 46.7 Å². The van der Waals surface area contributed by atoms with E-state index in [0.29, 0.717) is 17.2 Å². The van der Waals surface area contributed by atoms with Gasteiger partial charge in [-0.05, 0) is 38.4 Å². The van der Waals surface area contributed by atoms with Gasteiger partial charge in [-0.15, -0.1) is 11.3 Å². The molecule has 5 nitrogen and oxygen atoms in total. The van der Waals surface area contributed by atoms with Gasteiger partial charge in [-0.1, -0.05) is 0 Å². The Hall–Kier alpha value is -2.12. The molecule has 1 N–H and O–H groups in total. The third-order valence-electron chi connectivity index (χ3n) is 3.02. The third-order valence-corrected chi connectivity index (χ3v) is 3.83. The molecule has 23 heavy (non-hydrogen) atoms. The van der Waals surface area contributed by atoms with E-state index in [0.717, 1.165) is 5.69 Å². The highest BCUT2D eigenvalue weighted by Gasteiger charge is 2.11. The largest absolute Gasteiger partial charge is 0.304 e. The van der Waals surface area contributed by atoms with Crippen LogP contribution in [0.3, 0.4) is 0 Å². The van der Waals surface area contributed by atoms with Gasteiger partial charge in [-0.25, -0.2) is 9.37 Å². The number of Topliss-reactive ketones (excluding diaryl/α,β-unsaturated/α-hetero) is 1. The quantitative estimate of drug-likeness (QED) is 0.790. The molecule has 0 spiro atoms. The molecule has 0 aliphatic heterocycles. The predicted molar refractivity (Wildman–Crippen MR) is 88.1 cm³/mol.